The van der Waals surface area contributed by atoms with E-state index in [-0.39, 0.29) is 24.1 Å². The molecule has 3 amide bonds. The Morgan fingerprint density at radius 1 is 0.926 bits per heavy atom. The van der Waals surface area contributed by atoms with E-state index in [1.54, 1.807) is 12.4 Å². The number of urea groups is 1. The lowest BCUT2D eigenvalue weighted by Crippen LogP contribution is -2.52. The number of carbonyl (C=O) groups excluding carboxylic acids is 2. The van der Waals surface area contributed by atoms with E-state index in [9.17, 15) is 9.59 Å². The normalized spacial score (nSPS) is 21.8. The lowest BCUT2D eigenvalue weighted by molar-refractivity contribution is -0.133. The van der Waals surface area contributed by atoms with Gasteiger partial charge in [0.1, 0.15) is 11.9 Å². The standard InChI is InChI=1S/C20H28N4O3/c25-19(15-1-2-15)23-11-5-16(6-12-23)22-20(26)24-13-7-18(8-14-24)27-17-3-9-21-10-4-17/h3-4,9-10,15-16,18H,1-2,5-8,11-14H2,(H,22,26). The largest absolute Gasteiger partial charge is 0.490 e. The first kappa shape index (κ1) is 18.1. The van der Waals surface area contributed by atoms with Crippen LogP contribution in [-0.4, -0.2) is 65.0 Å². The molecule has 3 heterocycles. The van der Waals surface area contributed by atoms with Crippen LogP contribution in [0.3, 0.4) is 0 Å². The maximum Gasteiger partial charge on any atom is 0.317 e. The minimum Gasteiger partial charge on any atom is -0.490 e. The molecule has 0 spiro atoms. The monoisotopic (exact) mass is 372 g/mol. The van der Waals surface area contributed by atoms with Crippen molar-refractivity contribution in [3.63, 3.8) is 0 Å². The third-order valence-electron chi connectivity index (χ3n) is 5.74. The molecule has 2 aliphatic heterocycles. The van der Waals surface area contributed by atoms with Crippen molar-refractivity contribution >= 4 is 11.9 Å². The molecule has 0 bridgehead atoms. The van der Waals surface area contributed by atoms with Crippen LogP contribution in [0.15, 0.2) is 24.5 Å². The Morgan fingerprint density at radius 3 is 2.19 bits per heavy atom. The number of pyridine rings is 1. The summed E-state index contributed by atoms with van der Waals surface area (Å²) in [5, 5.41) is 3.16. The lowest BCUT2D eigenvalue weighted by Gasteiger charge is -2.36. The van der Waals surface area contributed by atoms with Gasteiger partial charge in [-0.25, -0.2) is 4.79 Å². The Kier molecular flexibility index (Phi) is 5.45. The van der Waals surface area contributed by atoms with Crippen molar-refractivity contribution in [3.05, 3.63) is 24.5 Å². The smallest absolute Gasteiger partial charge is 0.317 e. The van der Waals surface area contributed by atoms with Crippen molar-refractivity contribution in [1.29, 1.82) is 0 Å². The fourth-order valence-corrected chi connectivity index (χ4v) is 3.88. The highest BCUT2D eigenvalue weighted by Crippen LogP contribution is 2.32. The van der Waals surface area contributed by atoms with E-state index in [2.05, 4.69) is 10.3 Å². The van der Waals surface area contributed by atoms with Gasteiger partial charge in [-0.15, -0.1) is 0 Å². The number of carbonyl (C=O) groups is 2. The van der Waals surface area contributed by atoms with Crippen molar-refractivity contribution < 1.29 is 14.3 Å². The molecular formula is C20H28N4O3. The Morgan fingerprint density at radius 2 is 1.56 bits per heavy atom. The summed E-state index contributed by atoms with van der Waals surface area (Å²) in [6, 6.07) is 3.91. The van der Waals surface area contributed by atoms with Crippen LogP contribution >= 0.6 is 0 Å². The molecule has 3 fully saturated rings. The highest BCUT2D eigenvalue weighted by atomic mass is 16.5. The summed E-state index contributed by atoms with van der Waals surface area (Å²) in [5.41, 5.74) is 0. The molecule has 1 aliphatic carbocycles. The number of amides is 3. The number of nitrogens with one attached hydrogen (secondary N) is 1. The second-order valence-corrected chi connectivity index (χ2v) is 7.81. The Hall–Kier alpha value is -2.31. The zero-order chi connectivity index (χ0) is 18.6. The Bertz CT molecular complexity index is 648. The fraction of sp³-hybridized carbons (Fsp3) is 0.650. The summed E-state index contributed by atoms with van der Waals surface area (Å²) < 4.78 is 5.96. The molecule has 2 saturated heterocycles. The molecule has 0 aromatic carbocycles. The maximum atomic E-state index is 12.6. The van der Waals surface area contributed by atoms with Crippen molar-refractivity contribution in [3.8, 4) is 5.75 Å². The molecule has 1 saturated carbocycles. The van der Waals surface area contributed by atoms with Crippen LogP contribution in [-0.2, 0) is 4.79 Å². The van der Waals surface area contributed by atoms with Gasteiger partial charge in [-0.3, -0.25) is 9.78 Å². The zero-order valence-electron chi connectivity index (χ0n) is 15.7. The van der Waals surface area contributed by atoms with Gasteiger partial charge in [0.2, 0.25) is 5.91 Å². The number of piperidine rings is 2. The molecule has 3 aliphatic rings. The molecule has 1 aromatic heterocycles. The number of nitrogens with zero attached hydrogens (tertiary/aromatic N) is 3. The van der Waals surface area contributed by atoms with Crippen LogP contribution in [0.5, 0.6) is 5.75 Å². The topological polar surface area (TPSA) is 74.8 Å². The fourth-order valence-electron chi connectivity index (χ4n) is 3.88. The van der Waals surface area contributed by atoms with Crippen LogP contribution in [0.4, 0.5) is 4.79 Å². The molecule has 4 rings (SSSR count). The van der Waals surface area contributed by atoms with Gasteiger partial charge < -0.3 is 19.9 Å². The first-order valence-electron chi connectivity index (χ1n) is 10.1. The van der Waals surface area contributed by atoms with Gasteiger partial charge in [-0.1, -0.05) is 0 Å². The SMILES string of the molecule is O=C(NC1CCN(C(=O)C2CC2)CC1)N1CCC(Oc2ccncc2)CC1. The molecule has 7 heteroatoms. The van der Waals surface area contributed by atoms with E-state index >= 15 is 0 Å². The quantitative estimate of drug-likeness (QED) is 0.878. The predicted octanol–water partition coefficient (Wildman–Crippen LogP) is 2.04. The van der Waals surface area contributed by atoms with Gasteiger partial charge in [0.15, 0.2) is 0 Å². The first-order valence-corrected chi connectivity index (χ1v) is 10.1. The van der Waals surface area contributed by atoms with Gasteiger partial charge in [0.25, 0.3) is 0 Å². The van der Waals surface area contributed by atoms with E-state index in [1.165, 1.54) is 0 Å². The van der Waals surface area contributed by atoms with Crippen molar-refractivity contribution in [1.82, 2.24) is 20.1 Å². The molecule has 0 unspecified atom stereocenters. The van der Waals surface area contributed by atoms with E-state index in [0.717, 1.165) is 57.4 Å². The number of ether oxygens (including phenoxy) is 1. The summed E-state index contributed by atoms with van der Waals surface area (Å²) in [6.45, 7) is 2.95. The Balaban J connectivity index is 1.17. The molecule has 0 radical (unpaired) electrons. The highest BCUT2D eigenvalue weighted by Gasteiger charge is 2.35. The number of hydrogen-bond donors (Lipinski definition) is 1. The third-order valence-corrected chi connectivity index (χ3v) is 5.74. The predicted molar refractivity (Wildman–Crippen MR) is 100 cm³/mol. The van der Waals surface area contributed by atoms with Crippen molar-refractivity contribution in [2.75, 3.05) is 26.2 Å². The zero-order valence-corrected chi connectivity index (χ0v) is 15.7. The molecule has 1 N–H and O–H groups in total. The second kappa shape index (κ2) is 8.15. The van der Waals surface area contributed by atoms with Crippen molar-refractivity contribution in [2.45, 2.75) is 50.7 Å². The second-order valence-electron chi connectivity index (χ2n) is 7.81. The van der Waals surface area contributed by atoms with Crippen LogP contribution in [0, 0.1) is 5.92 Å². The van der Waals surface area contributed by atoms with Gasteiger partial charge in [0, 0.05) is 63.4 Å². The van der Waals surface area contributed by atoms with Gasteiger partial charge in [-0.05, 0) is 37.8 Å². The number of aromatic nitrogens is 1. The van der Waals surface area contributed by atoms with Crippen LogP contribution in [0.2, 0.25) is 0 Å². The summed E-state index contributed by atoms with van der Waals surface area (Å²) in [5.74, 6) is 1.43. The first-order chi connectivity index (χ1) is 13.2. The van der Waals surface area contributed by atoms with E-state index in [0.29, 0.717) is 19.0 Å². The van der Waals surface area contributed by atoms with E-state index in [1.807, 2.05) is 21.9 Å². The lowest BCUT2D eigenvalue weighted by atomic mass is 10.0. The molecule has 146 valence electrons. The van der Waals surface area contributed by atoms with Crippen LogP contribution in [0.25, 0.3) is 0 Å². The number of rotatable bonds is 4. The summed E-state index contributed by atoms with van der Waals surface area (Å²) in [7, 11) is 0. The average Bonchev–Trinajstić information content (AvgIpc) is 3.55. The van der Waals surface area contributed by atoms with Crippen LogP contribution < -0.4 is 10.1 Å². The molecular weight excluding hydrogens is 344 g/mol. The molecule has 0 atom stereocenters. The Labute approximate surface area is 160 Å². The number of likely N-dealkylation sites (tertiary alicyclic amines) is 2. The minimum absolute atomic E-state index is 0.0179. The van der Waals surface area contributed by atoms with Gasteiger partial charge in [0.05, 0.1) is 0 Å². The summed E-state index contributed by atoms with van der Waals surface area (Å²) in [6.07, 6.45) is 9.08. The van der Waals surface area contributed by atoms with Crippen molar-refractivity contribution in [2.24, 2.45) is 5.92 Å². The van der Waals surface area contributed by atoms with Gasteiger partial charge >= 0.3 is 6.03 Å². The number of hydrogen-bond acceptors (Lipinski definition) is 4. The average molecular weight is 372 g/mol. The minimum atomic E-state index is 0.0179. The molecule has 7 nitrogen and oxygen atoms in total. The van der Waals surface area contributed by atoms with E-state index < -0.39 is 0 Å². The third kappa shape index (κ3) is 4.70. The molecule has 1 aromatic rings. The summed E-state index contributed by atoms with van der Waals surface area (Å²) >= 11 is 0. The summed E-state index contributed by atoms with van der Waals surface area (Å²) in [4.78, 5) is 32.5. The van der Waals surface area contributed by atoms with Crippen LogP contribution in [0.1, 0.15) is 38.5 Å². The maximum absolute atomic E-state index is 12.6. The highest BCUT2D eigenvalue weighted by molar-refractivity contribution is 5.81. The van der Waals surface area contributed by atoms with E-state index in [4.69, 9.17) is 4.74 Å². The molecule has 27 heavy (non-hydrogen) atoms. The van der Waals surface area contributed by atoms with Gasteiger partial charge in [-0.2, -0.15) is 0 Å².